The number of likely N-dealkylation sites (tertiary alicyclic amines) is 2. The molecule has 20 heteroatoms. The van der Waals surface area contributed by atoms with E-state index >= 15 is 0 Å². The Morgan fingerprint density at radius 2 is 1.09 bits per heavy atom. The first-order valence-electron chi connectivity index (χ1n) is 17.8. The summed E-state index contributed by atoms with van der Waals surface area (Å²) in [6.45, 7) is 6.45. The maximum atomic E-state index is 13.4. The third-order valence-electron chi connectivity index (χ3n) is 10.6. The Hall–Kier alpha value is -6.90. The minimum atomic E-state index is -0.776. The Balaban J connectivity index is 0.000000172. The molecule has 0 bridgehead atoms. The standard InChI is InChI=1S/2C18H20N8O2/c2*1-10-6-12(23-15-11(7-19)14(20)21-9-22-15)17(28)26-13(10)16(27)24-18(26)4-3-5-25(2)8-18/h2*6,9H,3-5,8H2,1-2H3,(H,24,27)(H3,20,21,22,23)/t2*18-/m10/s1. The molecular weight excluding hydrogens is 721 g/mol. The molecule has 0 unspecified atom stereocenters. The molecule has 20 nitrogen and oxygen atoms in total. The summed E-state index contributed by atoms with van der Waals surface area (Å²) >= 11 is 0. The second kappa shape index (κ2) is 14.1. The summed E-state index contributed by atoms with van der Waals surface area (Å²) in [6, 6.07) is 7.08. The fourth-order valence-electron chi connectivity index (χ4n) is 8.22. The first-order valence-corrected chi connectivity index (χ1v) is 17.8. The zero-order valence-electron chi connectivity index (χ0n) is 31.2. The molecule has 0 saturated carbocycles. The maximum Gasteiger partial charge on any atom is 0.276 e. The Morgan fingerprint density at radius 3 is 1.45 bits per heavy atom. The Kier molecular flexibility index (Phi) is 9.40. The lowest BCUT2D eigenvalue weighted by molar-refractivity contribution is 0.0747. The topological polar surface area (TPSA) is 284 Å². The number of rotatable bonds is 4. The van der Waals surface area contributed by atoms with Crippen LogP contribution in [0.25, 0.3) is 0 Å². The van der Waals surface area contributed by atoms with E-state index in [2.05, 4.69) is 51.0 Å². The van der Waals surface area contributed by atoms with Crippen LogP contribution in [-0.4, -0.2) is 91.0 Å². The molecule has 2 amide bonds. The fourth-order valence-corrected chi connectivity index (χ4v) is 8.22. The van der Waals surface area contributed by atoms with Crippen molar-refractivity contribution in [3.8, 4) is 12.1 Å². The highest BCUT2D eigenvalue weighted by atomic mass is 16.2. The van der Waals surface area contributed by atoms with E-state index in [9.17, 15) is 29.7 Å². The van der Waals surface area contributed by atoms with E-state index in [4.69, 9.17) is 11.5 Å². The van der Waals surface area contributed by atoms with Gasteiger partial charge in [-0.25, -0.2) is 19.9 Å². The van der Waals surface area contributed by atoms with Crippen molar-refractivity contribution in [2.24, 2.45) is 0 Å². The highest BCUT2D eigenvalue weighted by Crippen LogP contribution is 2.34. The van der Waals surface area contributed by atoms with Crippen LogP contribution in [0.1, 0.15) is 68.9 Å². The molecule has 8 N–H and O–H groups in total. The molecule has 2 atom stereocenters. The number of fused-ring (bicyclic) bond motifs is 4. The summed E-state index contributed by atoms with van der Waals surface area (Å²) in [5, 5.41) is 30.5. The highest BCUT2D eigenvalue weighted by Gasteiger charge is 2.48. The number of carbonyl (C=O) groups excluding carboxylic acids is 2. The smallest absolute Gasteiger partial charge is 0.276 e. The summed E-state index contributed by atoms with van der Waals surface area (Å²) < 4.78 is 3.11. The Morgan fingerprint density at radius 1 is 0.696 bits per heavy atom. The van der Waals surface area contributed by atoms with E-state index in [0.29, 0.717) is 48.4 Å². The molecule has 2 spiro atoms. The van der Waals surface area contributed by atoms with Crippen molar-refractivity contribution in [1.82, 2.24) is 49.5 Å². The number of hydrogen-bond acceptors (Lipinski definition) is 16. The van der Waals surface area contributed by atoms with Crippen LogP contribution in [0.5, 0.6) is 0 Å². The SMILES string of the molecule is Cc1cc(Nc2ncnc(N)c2C#N)c(=O)n2c1C(=O)N[C@@]21CCCN(C)C1.Cc1cc(Nc2ncnc(N)c2C#N)c(=O)n2c1C(=O)N[C@]21CCCN(C)C1. The van der Waals surface area contributed by atoms with Gasteiger partial charge >= 0.3 is 0 Å². The number of likely N-dealkylation sites (N-methyl/N-ethyl adjacent to an activating group) is 2. The number of amides is 2. The van der Waals surface area contributed by atoms with Gasteiger partial charge in [-0.05, 0) is 90.0 Å². The second-order valence-corrected chi connectivity index (χ2v) is 14.6. The molecule has 8 heterocycles. The first-order chi connectivity index (χ1) is 26.7. The average Bonchev–Trinajstić information content (AvgIpc) is 3.58. The van der Waals surface area contributed by atoms with Gasteiger partial charge in [0.05, 0.1) is 0 Å². The predicted octanol–water partition coefficient (Wildman–Crippen LogP) is 0.532. The molecule has 288 valence electrons. The van der Waals surface area contributed by atoms with Gasteiger partial charge in [0.15, 0.2) is 11.6 Å². The van der Waals surface area contributed by atoms with Crippen LogP contribution in [0, 0.1) is 36.5 Å². The Bertz CT molecular complexity index is 2350. The van der Waals surface area contributed by atoms with Gasteiger partial charge in [-0.3, -0.25) is 28.3 Å². The number of pyridine rings is 2. The van der Waals surface area contributed by atoms with Crippen LogP contribution in [0.2, 0.25) is 0 Å². The van der Waals surface area contributed by atoms with Crippen LogP contribution in [0.3, 0.4) is 0 Å². The van der Waals surface area contributed by atoms with E-state index in [-0.39, 0.29) is 68.7 Å². The molecule has 0 radical (unpaired) electrons. The lowest BCUT2D eigenvalue weighted by Gasteiger charge is -2.39. The van der Waals surface area contributed by atoms with Gasteiger partial charge in [0.25, 0.3) is 22.9 Å². The zero-order chi connectivity index (χ0) is 40.1. The van der Waals surface area contributed by atoms with Crippen LogP contribution in [-0.2, 0) is 11.3 Å². The van der Waals surface area contributed by atoms with Crippen molar-refractivity contribution in [2.75, 3.05) is 62.4 Å². The van der Waals surface area contributed by atoms with Gasteiger partial charge in [0.1, 0.15) is 81.6 Å². The minimum absolute atomic E-state index is 0.0280. The predicted molar refractivity (Wildman–Crippen MR) is 204 cm³/mol. The first kappa shape index (κ1) is 37.4. The summed E-state index contributed by atoms with van der Waals surface area (Å²) in [4.78, 5) is 71.9. The molecule has 4 aromatic heterocycles. The number of nitrogens with zero attached hydrogens (tertiary/aromatic N) is 10. The molecular formula is C36H40N16O4. The second-order valence-electron chi connectivity index (χ2n) is 14.6. The molecule has 56 heavy (non-hydrogen) atoms. The molecule has 4 aromatic rings. The normalized spacial score (nSPS) is 21.2. The third-order valence-corrected chi connectivity index (χ3v) is 10.6. The van der Waals surface area contributed by atoms with Gasteiger partial charge in [-0.15, -0.1) is 0 Å². The van der Waals surface area contributed by atoms with Gasteiger partial charge in [-0.1, -0.05) is 0 Å². The number of nitrogens with two attached hydrogens (primary N) is 2. The molecule has 0 aliphatic carbocycles. The molecule has 4 aliphatic heterocycles. The number of nitrogen functional groups attached to an aromatic ring is 2. The van der Waals surface area contributed by atoms with Gasteiger partial charge in [-0.2, -0.15) is 10.5 Å². The molecule has 2 fully saturated rings. The molecule has 0 aromatic carbocycles. The summed E-state index contributed by atoms with van der Waals surface area (Å²) in [5.41, 5.74) is 11.8. The lowest BCUT2D eigenvalue weighted by atomic mass is 9.98. The zero-order valence-corrected chi connectivity index (χ0v) is 31.2. The largest absolute Gasteiger partial charge is 0.382 e. The fraction of sp³-hybridized carbons (Fsp3) is 0.389. The number of nitriles is 2. The van der Waals surface area contributed by atoms with Crippen molar-refractivity contribution < 1.29 is 9.59 Å². The van der Waals surface area contributed by atoms with Crippen LogP contribution < -0.4 is 43.9 Å². The maximum absolute atomic E-state index is 13.4. The minimum Gasteiger partial charge on any atom is -0.382 e. The van der Waals surface area contributed by atoms with E-state index in [0.717, 1.165) is 25.9 Å². The quantitative estimate of drug-likeness (QED) is 0.165. The number of hydrogen-bond donors (Lipinski definition) is 6. The highest BCUT2D eigenvalue weighted by molar-refractivity contribution is 5.97. The van der Waals surface area contributed by atoms with Crippen molar-refractivity contribution in [2.45, 2.75) is 50.9 Å². The lowest BCUT2D eigenvalue weighted by Crippen LogP contribution is -2.57. The van der Waals surface area contributed by atoms with Gasteiger partial charge in [0, 0.05) is 13.1 Å². The number of nitrogens with one attached hydrogen (secondary N) is 4. The van der Waals surface area contributed by atoms with Crippen LogP contribution in [0.15, 0.2) is 34.4 Å². The van der Waals surface area contributed by atoms with Crippen molar-refractivity contribution >= 4 is 46.5 Å². The van der Waals surface area contributed by atoms with Gasteiger partial charge < -0.3 is 42.5 Å². The number of carbonyl (C=O) groups is 2. The average molecular weight is 761 g/mol. The van der Waals surface area contributed by atoms with E-state index < -0.39 is 11.3 Å². The van der Waals surface area contributed by atoms with Gasteiger partial charge in [0.2, 0.25) is 0 Å². The monoisotopic (exact) mass is 760 g/mol. The van der Waals surface area contributed by atoms with Crippen molar-refractivity contribution in [3.63, 3.8) is 0 Å². The van der Waals surface area contributed by atoms with Crippen molar-refractivity contribution in [3.05, 3.63) is 79.1 Å². The summed E-state index contributed by atoms with van der Waals surface area (Å²) in [7, 11) is 3.93. The van der Waals surface area contributed by atoms with Crippen LogP contribution in [0.4, 0.5) is 34.6 Å². The molecule has 8 rings (SSSR count). The van der Waals surface area contributed by atoms with Crippen molar-refractivity contribution in [1.29, 1.82) is 10.5 Å². The number of anilines is 6. The number of aromatic nitrogens is 6. The van der Waals surface area contributed by atoms with E-state index in [1.807, 2.05) is 26.2 Å². The third kappa shape index (κ3) is 6.20. The van der Waals surface area contributed by atoms with E-state index in [1.165, 1.54) is 12.7 Å². The summed E-state index contributed by atoms with van der Waals surface area (Å²) in [5.74, 6) is -0.139. The number of piperidine rings is 2. The molecule has 4 aliphatic rings. The van der Waals surface area contributed by atoms with Crippen LogP contribution >= 0.6 is 0 Å². The number of aryl methyl sites for hydroxylation is 2. The molecule has 2 saturated heterocycles. The Labute approximate surface area is 320 Å². The summed E-state index contributed by atoms with van der Waals surface area (Å²) in [6.07, 6.45) is 5.50. The van der Waals surface area contributed by atoms with E-state index in [1.54, 1.807) is 35.1 Å².